The summed E-state index contributed by atoms with van der Waals surface area (Å²) in [4.78, 5) is 14.5. The molecule has 2 aromatic carbocycles. The van der Waals surface area contributed by atoms with Gasteiger partial charge in [-0.15, -0.1) is 0 Å². The van der Waals surface area contributed by atoms with Gasteiger partial charge in [0.25, 0.3) is 0 Å². The summed E-state index contributed by atoms with van der Waals surface area (Å²) in [5.41, 5.74) is 10.7. The van der Waals surface area contributed by atoms with Crippen LogP contribution in [0.25, 0.3) is 22.0 Å². The Morgan fingerprint density at radius 1 is 1.10 bits per heavy atom. The number of rotatable bonds is 3. The Kier molecular flexibility index (Phi) is 3.03. The van der Waals surface area contributed by atoms with Crippen LogP contribution in [-0.2, 0) is 11.2 Å². The number of nitrogens with one attached hydrogen (secondary N) is 1. The minimum atomic E-state index is -0.306. The van der Waals surface area contributed by atoms with Crippen LogP contribution < -0.4 is 5.73 Å². The van der Waals surface area contributed by atoms with E-state index in [0.29, 0.717) is 0 Å². The van der Waals surface area contributed by atoms with Crippen molar-refractivity contribution in [2.45, 2.75) is 13.3 Å². The molecule has 0 aliphatic carbocycles. The summed E-state index contributed by atoms with van der Waals surface area (Å²) in [7, 11) is 0. The maximum Gasteiger partial charge on any atom is 0.221 e. The molecule has 100 valence electrons. The fourth-order valence-corrected chi connectivity index (χ4v) is 2.59. The molecule has 0 spiro atoms. The van der Waals surface area contributed by atoms with Crippen molar-refractivity contribution in [1.82, 2.24) is 4.98 Å². The Morgan fingerprint density at radius 3 is 2.55 bits per heavy atom. The number of benzene rings is 2. The molecule has 3 heteroatoms. The predicted octanol–water partition coefficient (Wildman–Crippen LogP) is 3.17. The van der Waals surface area contributed by atoms with Crippen molar-refractivity contribution in [3.63, 3.8) is 0 Å². The number of H-pyrrole nitrogens is 1. The Labute approximate surface area is 117 Å². The first kappa shape index (κ1) is 12.5. The number of aromatic nitrogens is 1. The summed E-state index contributed by atoms with van der Waals surface area (Å²) >= 11 is 0. The highest BCUT2D eigenvalue weighted by atomic mass is 16.1. The van der Waals surface area contributed by atoms with Gasteiger partial charge in [0.15, 0.2) is 0 Å². The molecule has 1 aromatic heterocycles. The standard InChI is InChI=1S/C17H16N2O/c1-11-14(10-17(18)20)15-9-13(7-8-16(15)19-11)12-5-3-2-4-6-12/h2-9,19H,10H2,1H3,(H2,18,20). The van der Waals surface area contributed by atoms with Crippen molar-refractivity contribution >= 4 is 16.8 Å². The van der Waals surface area contributed by atoms with Crippen molar-refractivity contribution in [1.29, 1.82) is 0 Å². The van der Waals surface area contributed by atoms with Crippen molar-refractivity contribution in [2.24, 2.45) is 5.73 Å². The number of primary amides is 1. The molecule has 0 radical (unpaired) electrons. The smallest absolute Gasteiger partial charge is 0.221 e. The maximum absolute atomic E-state index is 11.2. The summed E-state index contributed by atoms with van der Waals surface area (Å²) < 4.78 is 0. The van der Waals surface area contributed by atoms with Gasteiger partial charge in [-0.3, -0.25) is 4.79 Å². The molecule has 3 aromatic rings. The van der Waals surface area contributed by atoms with E-state index in [2.05, 4.69) is 35.3 Å². The number of amides is 1. The zero-order valence-corrected chi connectivity index (χ0v) is 11.3. The molecular weight excluding hydrogens is 248 g/mol. The molecule has 0 saturated heterocycles. The second-order valence-corrected chi connectivity index (χ2v) is 5.00. The summed E-state index contributed by atoms with van der Waals surface area (Å²) in [6, 6.07) is 16.4. The number of hydrogen-bond donors (Lipinski definition) is 2. The van der Waals surface area contributed by atoms with Crippen molar-refractivity contribution in [2.75, 3.05) is 0 Å². The molecule has 0 atom stereocenters. The molecule has 1 amide bonds. The fourth-order valence-electron chi connectivity index (χ4n) is 2.59. The first-order valence-electron chi connectivity index (χ1n) is 6.60. The van der Waals surface area contributed by atoms with E-state index in [1.807, 2.05) is 25.1 Å². The van der Waals surface area contributed by atoms with E-state index < -0.39 is 0 Å². The highest BCUT2D eigenvalue weighted by Gasteiger charge is 2.11. The van der Waals surface area contributed by atoms with Crippen molar-refractivity contribution < 1.29 is 4.79 Å². The van der Waals surface area contributed by atoms with Crippen LogP contribution in [0.1, 0.15) is 11.3 Å². The highest BCUT2D eigenvalue weighted by molar-refractivity contribution is 5.92. The molecule has 0 saturated carbocycles. The number of carbonyl (C=O) groups excluding carboxylic acids is 1. The topological polar surface area (TPSA) is 58.9 Å². The molecule has 0 unspecified atom stereocenters. The first-order chi connectivity index (χ1) is 9.65. The molecule has 3 nitrogen and oxygen atoms in total. The lowest BCUT2D eigenvalue weighted by atomic mass is 10.0. The molecular formula is C17H16N2O. The molecule has 1 heterocycles. The van der Waals surface area contributed by atoms with Gasteiger partial charge < -0.3 is 10.7 Å². The van der Waals surface area contributed by atoms with Gasteiger partial charge in [0.2, 0.25) is 5.91 Å². The van der Waals surface area contributed by atoms with Crippen molar-refractivity contribution in [3.8, 4) is 11.1 Å². The van der Waals surface area contributed by atoms with Gasteiger partial charge in [0.05, 0.1) is 6.42 Å². The molecule has 0 aliphatic rings. The lowest BCUT2D eigenvalue weighted by Crippen LogP contribution is -2.13. The number of fused-ring (bicyclic) bond motifs is 1. The van der Waals surface area contributed by atoms with Gasteiger partial charge in [-0.25, -0.2) is 0 Å². The Bertz CT molecular complexity index is 772. The van der Waals surface area contributed by atoms with Gasteiger partial charge in [-0.05, 0) is 35.7 Å². The van der Waals surface area contributed by atoms with E-state index in [9.17, 15) is 4.79 Å². The highest BCUT2D eigenvalue weighted by Crippen LogP contribution is 2.28. The van der Waals surface area contributed by atoms with Gasteiger partial charge >= 0.3 is 0 Å². The molecule has 0 fully saturated rings. The fraction of sp³-hybridized carbons (Fsp3) is 0.118. The summed E-state index contributed by atoms with van der Waals surface area (Å²) in [6.45, 7) is 1.97. The molecule has 0 aliphatic heterocycles. The average molecular weight is 264 g/mol. The molecule has 3 rings (SSSR count). The maximum atomic E-state index is 11.2. The first-order valence-corrected chi connectivity index (χ1v) is 6.60. The number of hydrogen-bond acceptors (Lipinski definition) is 1. The monoisotopic (exact) mass is 264 g/mol. The zero-order valence-electron chi connectivity index (χ0n) is 11.3. The van der Waals surface area contributed by atoms with E-state index in [0.717, 1.165) is 27.7 Å². The van der Waals surface area contributed by atoms with E-state index in [1.54, 1.807) is 0 Å². The van der Waals surface area contributed by atoms with Crippen LogP contribution in [0.5, 0.6) is 0 Å². The largest absolute Gasteiger partial charge is 0.369 e. The minimum Gasteiger partial charge on any atom is -0.369 e. The normalized spacial score (nSPS) is 10.8. The number of aromatic amines is 1. The van der Waals surface area contributed by atoms with Crippen LogP contribution in [0.4, 0.5) is 0 Å². The van der Waals surface area contributed by atoms with Crippen LogP contribution in [0.3, 0.4) is 0 Å². The SMILES string of the molecule is Cc1[nH]c2ccc(-c3ccccc3)cc2c1CC(N)=O. The van der Waals surface area contributed by atoms with Crippen LogP contribution in [0, 0.1) is 6.92 Å². The molecule has 20 heavy (non-hydrogen) atoms. The Hall–Kier alpha value is -2.55. The van der Waals surface area contributed by atoms with E-state index in [4.69, 9.17) is 5.73 Å². The van der Waals surface area contributed by atoms with Crippen molar-refractivity contribution in [3.05, 3.63) is 59.8 Å². The van der Waals surface area contributed by atoms with Gasteiger partial charge in [0.1, 0.15) is 0 Å². The summed E-state index contributed by atoms with van der Waals surface area (Å²) in [5, 5.41) is 1.07. The Morgan fingerprint density at radius 2 is 1.85 bits per heavy atom. The summed E-state index contributed by atoms with van der Waals surface area (Å²) in [5.74, 6) is -0.306. The van der Waals surface area contributed by atoms with Gasteiger partial charge in [0, 0.05) is 16.6 Å². The lowest BCUT2D eigenvalue weighted by molar-refractivity contribution is -0.117. The molecule has 3 N–H and O–H groups in total. The quantitative estimate of drug-likeness (QED) is 0.750. The second-order valence-electron chi connectivity index (χ2n) is 5.00. The van der Waals surface area contributed by atoms with Crippen LogP contribution in [0.2, 0.25) is 0 Å². The van der Waals surface area contributed by atoms with E-state index in [1.165, 1.54) is 5.56 Å². The van der Waals surface area contributed by atoms with E-state index in [-0.39, 0.29) is 12.3 Å². The third-order valence-electron chi connectivity index (χ3n) is 3.58. The summed E-state index contributed by atoms with van der Waals surface area (Å²) in [6.07, 6.45) is 0.268. The number of aryl methyl sites for hydroxylation is 1. The third-order valence-corrected chi connectivity index (χ3v) is 3.58. The van der Waals surface area contributed by atoms with Crippen LogP contribution in [-0.4, -0.2) is 10.9 Å². The van der Waals surface area contributed by atoms with Crippen LogP contribution in [0.15, 0.2) is 48.5 Å². The molecule has 0 bridgehead atoms. The predicted molar refractivity (Wildman–Crippen MR) is 81.4 cm³/mol. The van der Waals surface area contributed by atoms with E-state index >= 15 is 0 Å². The zero-order chi connectivity index (χ0) is 14.1. The minimum absolute atomic E-state index is 0.268. The van der Waals surface area contributed by atoms with Gasteiger partial charge in [-0.1, -0.05) is 36.4 Å². The number of carbonyl (C=O) groups is 1. The Balaban J connectivity index is 2.17. The lowest BCUT2D eigenvalue weighted by Gasteiger charge is -2.03. The van der Waals surface area contributed by atoms with Gasteiger partial charge in [-0.2, -0.15) is 0 Å². The average Bonchev–Trinajstić information content (AvgIpc) is 2.75. The second kappa shape index (κ2) is 4.85. The third kappa shape index (κ3) is 2.18. The number of nitrogens with two attached hydrogens (primary N) is 1. The van der Waals surface area contributed by atoms with Crippen LogP contribution >= 0.6 is 0 Å².